The van der Waals surface area contributed by atoms with Gasteiger partial charge in [0, 0.05) is 17.4 Å². The molecule has 0 saturated heterocycles. The average molecular weight is 248 g/mol. The molecule has 98 valence electrons. The van der Waals surface area contributed by atoms with E-state index in [1.54, 1.807) is 12.1 Å². The molecule has 4 nitrogen and oxygen atoms in total. The molecule has 0 bridgehead atoms. The number of esters is 1. The van der Waals surface area contributed by atoms with Gasteiger partial charge in [0.05, 0.1) is 12.7 Å². The van der Waals surface area contributed by atoms with E-state index in [1.807, 2.05) is 6.07 Å². The zero-order valence-electron chi connectivity index (χ0n) is 10.9. The zero-order chi connectivity index (χ0) is 13.1. The summed E-state index contributed by atoms with van der Waals surface area (Å²) < 4.78 is 4.78. The number of benzene rings is 1. The van der Waals surface area contributed by atoms with Gasteiger partial charge in [-0.1, -0.05) is 6.42 Å². The summed E-state index contributed by atoms with van der Waals surface area (Å²) in [5.74, 6) is 0.346. The maximum Gasteiger partial charge on any atom is 0.340 e. The molecule has 3 N–H and O–H groups in total. The first kappa shape index (κ1) is 12.7. The molecule has 4 heteroatoms. The average Bonchev–Trinajstić information content (AvgIpc) is 2.28. The lowest BCUT2D eigenvalue weighted by molar-refractivity contribution is 0.0602. The lowest BCUT2D eigenvalue weighted by atomic mass is 9.80. The van der Waals surface area contributed by atoms with E-state index in [9.17, 15) is 4.79 Å². The summed E-state index contributed by atoms with van der Waals surface area (Å²) in [6.07, 6.45) is 3.83. The second-order valence-electron chi connectivity index (χ2n) is 4.92. The molecule has 0 spiro atoms. The van der Waals surface area contributed by atoms with Crippen LogP contribution in [0.1, 0.15) is 36.5 Å². The van der Waals surface area contributed by atoms with Crippen molar-refractivity contribution < 1.29 is 9.53 Å². The normalized spacial score (nSPS) is 16.8. The number of carbonyl (C=O) groups is 1. The second-order valence-corrected chi connectivity index (χ2v) is 4.92. The van der Waals surface area contributed by atoms with Crippen LogP contribution in [0.5, 0.6) is 0 Å². The largest absolute Gasteiger partial charge is 0.465 e. The van der Waals surface area contributed by atoms with Gasteiger partial charge in [-0.25, -0.2) is 4.79 Å². The first-order valence-corrected chi connectivity index (χ1v) is 6.36. The van der Waals surface area contributed by atoms with Crippen molar-refractivity contribution in [2.45, 2.75) is 32.2 Å². The minimum Gasteiger partial charge on any atom is -0.465 e. The highest BCUT2D eigenvalue weighted by atomic mass is 16.5. The molecule has 1 saturated carbocycles. The number of nitrogens with one attached hydrogen (secondary N) is 1. The van der Waals surface area contributed by atoms with Gasteiger partial charge in [0.2, 0.25) is 0 Å². The lowest BCUT2D eigenvalue weighted by Gasteiger charge is -2.32. The second kappa shape index (κ2) is 5.29. The fourth-order valence-electron chi connectivity index (χ4n) is 2.27. The van der Waals surface area contributed by atoms with Crippen LogP contribution >= 0.6 is 0 Å². The minimum atomic E-state index is -0.356. The Morgan fingerprint density at radius 3 is 2.78 bits per heavy atom. The summed E-state index contributed by atoms with van der Waals surface area (Å²) in [6.45, 7) is 2.15. The van der Waals surface area contributed by atoms with E-state index in [1.165, 1.54) is 26.4 Å². The third-order valence-electron chi connectivity index (χ3n) is 3.69. The molecular weight excluding hydrogens is 228 g/mol. The van der Waals surface area contributed by atoms with Crippen molar-refractivity contribution in [2.75, 3.05) is 18.2 Å². The maximum absolute atomic E-state index is 11.7. The highest BCUT2D eigenvalue weighted by Crippen LogP contribution is 2.32. The van der Waals surface area contributed by atoms with Gasteiger partial charge in [-0.3, -0.25) is 0 Å². The van der Waals surface area contributed by atoms with Gasteiger partial charge in [0.1, 0.15) is 0 Å². The third kappa shape index (κ3) is 2.58. The van der Waals surface area contributed by atoms with E-state index < -0.39 is 0 Å². The molecule has 1 atom stereocenters. The molecule has 0 aromatic heterocycles. The highest BCUT2D eigenvalue weighted by Gasteiger charge is 2.25. The Morgan fingerprint density at radius 1 is 1.50 bits per heavy atom. The summed E-state index contributed by atoms with van der Waals surface area (Å²) in [5.41, 5.74) is 7.58. The molecule has 1 aliphatic rings. The minimum absolute atomic E-state index is 0.356. The molecule has 1 aliphatic carbocycles. The summed E-state index contributed by atoms with van der Waals surface area (Å²) in [7, 11) is 1.38. The summed E-state index contributed by atoms with van der Waals surface area (Å²) in [6, 6.07) is 5.66. The topological polar surface area (TPSA) is 64.3 Å². The number of hydrogen-bond donors (Lipinski definition) is 2. The Kier molecular flexibility index (Phi) is 3.75. The van der Waals surface area contributed by atoms with Gasteiger partial charge in [-0.05, 0) is 43.9 Å². The number of rotatable bonds is 4. The molecule has 0 heterocycles. The van der Waals surface area contributed by atoms with E-state index >= 15 is 0 Å². The molecule has 0 radical (unpaired) electrons. The summed E-state index contributed by atoms with van der Waals surface area (Å²) in [5, 5.41) is 3.40. The van der Waals surface area contributed by atoms with Crippen molar-refractivity contribution >= 4 is 17.3 Å². The standard InChI is InChI=1S/C14H20N2O2/c1-9(10-4-3-5-10)16-13-7-6-11(15)8-12(13)14(17)18-2/h6-10,16H,3-5,15H2,1-2H3. The van der Waals surface area contributed by atoms with Crippen LogP contribution in [0.4, 0.5) is 11.4 Å². The number of anilines is 2. The number of nitrogens with two attached hydrogens (primary N) is 1. The van der Waals surface area contributed by atoms with Crippen molar-refractivity contribution in [1.82, 2.24) is 0 Å². The quantitative estimate of drug-likeness (QED) is 0.635. The van der Waals surface area contributed by atoms with Gasteiger partial charge in [-0.2, -0.15) is 0 Å². The maximum atomic E-state index is 11.7. The number of methoxy groups -OCH3 is 1. The third-order valence-corrected chi connectivity index (χ3v) is 3.69. The van der Waals surface area contributed by atoms with Gasteiger partial charge in [-0.15, -0.1) is 0 Å². The van der Waals surface area contributed by atoms with Gasteiger partial charge in [0.15, 0.2) is 0 Å². The van der Waals surface area contributed by atoms with Crippen LogP contribution in [0.15, 0.2) is 18.2 Å². The van der Waals surface area contributed by atoms with Crippen molar-refractivity contribution in [3.8, 4) is 0 Å². The van der Waals surface area contributed by atoms with Crippen LogP contribution in [-0.2, 0) is 4.74 Å². The number of nitrogen functional groups attached to an aromatic ring is 1. The first-order chi connectivity index (χ1) is 8.61. The van der Waals surface area contributed by atoms with Crippen LogP contribution in [0.3, 0.4) is 0 Å². The van der Waals surface area contributed by atoms with Crippen molar-refractivity contribution in [3.63, 3.8) is 0 Å². The Hall–Kier alpha value is -1.71. The Balaban J connectivity index is 2.17. The lowest BCUT2D eigenvalue weighted by Crippen LogP contribution is -2.31. The van der Waals surface area contributed by atoms with Crippen LogP contribution in [-0.4, -0.2) is 19.1 Å². The van der Waals surface area contributed by atoms with Crippen LogP contribution < -0.4 is 11.1 Å². The van der Waals surface area contributed by atoms with Crippen LogP contribution in [0, 0.1) is 5.92 Å². The first-order valence-electron chi connectivity index (χ1n) is 6.36. The van der Waals surface area contributed by atoms with Crippen LogP contribution in [0.2, 0.25) is 0 Å². The number of ether oxygens (including phenoxy) is 1. The monoisotopic (exact) mass is 248 g/mol. The van der Waals surface area contributed by atoms with Crippen molar-refractivity contribution in [1.29, 1.82) is 0 Å². The summed E-state index contributed by atoms with van der Waals surface area (Å²) >= 11 is 0. The van der Waals surface area contributed by atoms with E-state index in [0.717, 1.165) is 5.69 Å². The Morgan fingerprint density at radius 2 is 2.22 bits per heavy atom. The van der Waals surface area contributed by atoms with Crippen LogP contribution in [0.25, 0.3) is 0 Å². The van der Waals surface area contributed by atoms with E-state index in [-0.39, 0.29) is 5.97 Å². The Bertz CT molecular complexity index is 441. The fourth-order valence-corrected chi connectivity index (χ4v) is 2.27. The molecule has 0 aliphatic heterocycles. The van der Waals surface area contributed by atoms with Crippen molar-refractivity contribution in [2.24, 2.45) is 5.92 Å². The van der Waals surface area contributed by atoms with Gasteiger partial charge in [0.25, 0.3) is 0 Å². The molecule has 18 heavy (non-hydrogen) atoms. The zero-order valence-corrected chi connectivity index (χ0v) is 10.9. The van der Waals surface area contributed by atoms with E-state index in [2.05, 4.69) is 12.2 Å². The van der Waals surface area contributed by atoms with Gasteiger partial charge < -0.3 is 15.8 Å². The van der Waals surface area contributed by atoms with Gasteiger partial charge >= 0.3 is 5.97 Å². The highest BCUT2D eigenvalue weighted by molar-refractivity contribution is 5.96. The van der Waals surface area contributed by atoms with E-state index in [4.69, 9.17) is 10.5 Å². The smallest absolute Gasteiger partial charge is 0.340 e. The fraction of sp³-hybridized carbons (Fsp3) is 0.500. The number of hydrogen-bond acceptors (Lipinski definition) is 4. The molecule has 1 unspecified atom stereocenters. The molecule has 2 rings (SSSR count). The molecule has 0 amide bonds. The molecule has 1 aromatic rings. The van der Waals surface area contributed by atoms with E-state index in [0.29, 0.717) is 23.2 Å². The molecule has 1 aromatic carbocycles. The number of carbonyl (C=O) groups excluding carboxylic acids is 1. The van der Waals surface area contributed by atoms with Crippen molar-refractivity contribution in [3.05, 3.63) is 23.8 Å². The predicted molar refractivity (Wildman–Crippen MR) is 72.6 cm³/mol. The predicted octanol–water partition coefficient (Wildman–Crippen LogP) is 2.66. The molecule has 1 fully saturated rings. The SMILES string of the molecule is COC(=O)c1cc(N)ccc1NC(C)C1CCC1. The summed E-state index contributed by atoms with van der Waals surface area (Å²) in [4.78, 5) is 11.7. The molecular formula is C14H20N2O2. The Labute approximate surface area is 108 Å².